The number of hydrogen-bond donors (Lipinski definition) is 1. The summed E-state index contributed by atoms with van der Waals surface area (Å²) in [5.41, 5.74) is 2.43. The molecule has 2 N–H and O–H groups in total. The molecule has 1 aliphatic rings. The first kappa shape index (κ1) is 23.0. The van der Waals surface area contributed by atoms with Crippen molar-refractivity contribution in [3.63, 3.8) is 0 Å². The zero-order valence-electron chi connectivity index (χ0n) is 18.4. The van der Waals surface area contributed by atoms with Crippen LogP contribution < -0.4 is 9.32 Å². The van der Waals surface area contributed by atoms with Crippen molar-refractivity contribution in [3.8, 4) is 17.0 Å². The Morgan fingerprint density at radius 2 is 1.88 bits per heavy atom. The number of hydrogen-bond acceptors (Lipinski definition) is 6. The molecular weight excluding hydrogens is 442 g/mol. The van der Waals surface area contributed by atoms with E-state index in [9.17, 15) is 13.2 Å². The van der Waals surface area contributed by atoms with Gasteiger partial charge >= 0.3 is 16.3 Å². The van der Waals surface area contributed by atoms with Crippen molar-refractivity contribution in [2.75, 3.05) is 20.1 Å². The number of carbonyl (C=O) groups is 1. The Hall–Kier alpha value is -3.21. The summed E-state index contributed by atoms with van der Waals surface area (Å²) in [6.07, 6.45) is 4.90. The van der Waals surface area contributed by atoms with Gasteiger partial charge in [-0.1, -0.05) is 42.5 Å². The summed E-state index contributed by atoms with van der Waals surface area (Å²) in [6.45, 7) is 2.79. The topological polar surface area (TPSA) is 111 Å². The molecule has 1 aliphatic heterocycles. The van der Waals surface area contributed by atoms with E-state index in [2.05, 4.69) is 34.1 Å². The highest BCUT2D eigenvalue weighted by Crippen LogP contribution is 2.24. The fraction of sp³-hybridized carbons (Fsp3) is 0.304. The first-order chi connectivity index (χ1) is 15.8. The molecule has 2 heterocycles. The summed E-state index contributed by atoms with van der Waals surface area (Å²) in [5, 5.41) is 4.93. The van der Waals surface area contributed by atoms with Gasteiger partial charge in [-0.3, -0.25) is 9.47 Å². The number of rotatable bonds is 6. The lowest BCUT2D eigenvalue weighted by molar-refractivity contribution is 0.132. The minimum absolute atomic E-state index is 0.0789. The fourth-order valence-corrected chi connectivity index (χ4v) is 4.43. The molecule has 174 valence electrons. The van der Waals surface area contributed by atoms with Crippen LogP contribution in [0, 0.1) is 0 Å². The molecule has 2 aromatic carbocycles. The number of carbonyl (C=O) groups excluding carboxylic acids is 1. The number of amides is 1. The van der Waals surface area contributed by atoms with Crippen LogP contribution in [0.2, 0.25) is 0 Å². The molecule has 0 bridgehead atoms. The molecule has 0 radical (unpaired) electrons. The summed E-state index contributed by atoms with van der Waals surface area (Å²) in [7, 11) is -2.30. The summed E-state index contributed by atoms with van der Waals surface area (Å²) in [6, 6.07) is 16.8. The van der Waals surface area contributed by atoms with Crippen molar-refractivity contribution in [1.29, 1.82) is 0 Å². The molecular formula is C23H27N5O4S. The van der Waals surface area contributed by atoms with E-state index < -0.39 is 10.3 Å². The number of imidazole rings is 1. The summed E-state index contributed by atoms with van der Waals surface area (Å²) in [4.78, 5) is 21.5. The predicted octanol–water partition coefficient (Wildman–Crippen LogP) is 2.70. The lowest BCUT2D eigenvalue weighted by atomic mass is 10.0. The molecule has 0 spiro atoms. The Balaban J connectivity index is 1.37. The molecule has 4 rings (SSSR count). The molecule has 1 fully saturated rings. The first-order valence-electron chi connectivity index (χ1n) is 10.7. The molecule has 1 amide bonds. The van der Waals surface area contributed by atoms with Gasteiger partial charge in [-0.25, -0.2) is 9.78 Å². The van der Waals surface area contributed by atoms with Crippen LogP contribution >= 0.6 is 0 Å². The van der Waals surface area contributed by atoms with Gasteiger partial charge in [0.2, 0.25) is 0 Å². The quantitative estimate of drug-likeness (QED) is 0.594. The van der Waals surface area contributed by atoms with E-state index >= 15 is 0 Å². The van der Waals surface area contributed by atoms with Gasteiger partial charge in [0.15, 0.2) is 0 Å². The SMILES string of the molecule is CN(C(=O)n1cnc(-c2cccc(OS(N)(=O)=O)c2)c1)C1CCN(Cc2ccccc2)CC1. The zero-order chi connectivity index (χ0) is 23.4. The summed E-state index contributed by atoms with van der Waals surface area (Å²) in [5.74, 6) is 0.0789. The molecule has 1 saturated heterocycles. The van der Waals surface area contributed by atoms with E-state index in [-0.39, 0.29) is 17.8 Å². The van der Waals surface area contributed by atoms with Crippen LogP contribution in [0.25, 0.3) is 11.3 Å². The van der Waals surface area contributed by atoms with Crippen LogP contribution in [0.15, 0.2) is 67.1 Å². The number of nitrogens with zero attached hydrogens (tertiary/aromatic N) is 4. The lowest BCUT2D eigenvalue weighted by Gasteiger charge is -2.36. The predicted molar refractivity (Wildman–Crippen MR) is 125 cm³/mol. The maximum atomic E-state index is 13.0. The largest absolute Gasteiger partial charge is 0.380 e. The van der Waals surface area contributed by atoms with E-state index in [1.807, 2.05) is 13.1 Å². The van der Waals surface area contributed by atoms with Gasteiger partial charge in [0.05, 0.1) is 5.69 Å². The van der Waals surface area contributed by atoms with Crippen molar-refractivity contribution in [2.24, 2.45) is 5.14 Å². The maximum absolute atomic E-state index is 13.0. The third-order valence-corrected chi connectivity index (χ3v) is 6.23. The first-order valence-corrected chi connectivity index (χ1v) is 12.2. The van der Waals surface area contributed by atoms with Crippen molar-refractivity contribution in [1.82, 2.24) is 19.4 Å². The highest BCUT2D eigenvalue weighted by Gasteiger charge is 2.26. The minimum Gasteiger partial charge on any atom is -0.371 e. The van der Waals surface area contributed by atoms with Crippen LogP contribution in [0.1, 0.15) is 18.4 Å². The molecule has 1 aromatic heterocycles. The number of benzene rings is 2. The average Bonchev–Trinajstić information content (AvgIpc) is 3.29. The lowest BCUT2D eigenvalue weighted by Crippen LogP contribution is -2.46. The standard InChI is InChI=1S/C23H27N5O4S/c1-26(20-10-12-27(13-11-20)15-18-6-3-2-4-7-18)23(29)28-16-22(25-17-28)19-8-5-9-21(14-19)32-33(24,30)31/h2-9,14,16-17,20H,10-13,15H2,1H3,(H2,24,30,31). The van der Waals surface area contributed by atoms with Gasteiger partial charge in [-0.2, -0.15) is 13.6 Å². The molecule has 0 atom stereocenters. The van der Waals surface area contributed by atoms with Crippen LogP contribution in [0.3, 0.4) is 0 Å². The average molecular weight is 470 g/mol. The van der Waals surface area contributed by atoms with Gasteiger partial charge in [-0.15, -0.1) is 0 Å². The van der Waals surface area contributed by atoms with Gasteiger partial charge in [-0.05, 0) is 30.5 Å². The molecule has 0 unspecified atom stereocenters. The van der Waals surface area contributed by atoms with Gasteiger partial charge < -0.3 is 9.08 Å². The van der Waals surface area contributed by atoms with Crippen LogP contribution in [-0.2, 0) is 16.8 Å². The third-order valence-electron chi connectivity index (χ3n) is 5.80. The number of likely N-dealkylation sites (tertiary alicyclic amines) is 1. The highest BCUT2D eigenvalue weighted by molar-refractivity contribution is 7.84. The van der Waals surface area contributed by atoms with Crippen molar-refractivity contribution >= 4 is 16.3 Å². The molecule has 0 aliphatic carbocycles. The third kappa shape index (κ3) is 5.98. The van der Waals surface area contributed by atoms with E-state index in [0.717, 1.165) is 32.5 Å². The van der Waals surface area contributed by atoms with Gasteiger partial charge in [0.25, 0.3) is 0 Å². The Labute approximate surface area is 193 Å². The number of aromatic nitrogens is 2. The Kier molecular flexibility index (Phi) is 6.77. The van der Waals surface area contributed by atoms with Crippen molar-refractivity contribution < 1.29 is 17.4 Å². The zero-order valence-corrected chi connectivity index (χ0v) is 19.2. The number of piperidine rings is 1. The normalized spacial score (nSPS) is 15.3. The molecule has 9 nitrogen and oxygen atoms in total. The Morgan fingerprint density at radius 3 is 2.58 bits per heavy atom. The van der Waals surface area contributed by atoms with Gasteiger partial charge in [0, 0.05) is 44.5 Å². The van der Waals surface area contributed by atoms with Crippen LogP contribution in [0.5, 0.6) is 5.75 Å². The monoisotopic (exact) mass is 469 g/mol. The molecule has 0 saturated carbocycles. The fourth-order valence-electron chi connectivity index (χ4n) is 4.06. The number of nitrogens with two attached hydrogens (primary N) is 1. The maximum Gasteiger partial charge on any atom is 0.380 e. The second-order valence-corrected chi connectivity index (χ2v) is 9.31. The summed E-state index contributed by atoms with van der Waals surface area (Å²) < 4.78 is 28.5. The molecule has 10 heteroatoms. The van der Waals surface area contributed by atoms with Crippen LogP contribution in [0.4, 0.5) is 4.79 Å². The Bertz CT molecular complexity index is 1200. The van der Waals surface area contributed by atoms with Crippen LogP contribution in [-0.4, -0.2) is 60.0 Å². The van der Waals surface area contributed by atoms with Crippen molar-refractivity contribution in [3.05, 3.63) is 72.7 Å². The highest BCUT2D eigenvalue weighted by atomic mass is 32.2. The summed E-state index contributed by atoms with van der Waals surface area (Å²) >= 11 is 0. The van der Waals surface area contributed by atoms with E-state index in [0.29, 0.717) is 11.3 Å². The van der Waals surface area contributed by atoms with Gasteiger partial charge in [0.1, 0.15) is 12.1 Å². The van der Waals surface area contributed by atoms with Crippen molar-refractivity contribution in [2.45, 2.75) is 25.4 Å². The minimum atomic E-state index is -4.12. The van der Waals surface area contributed by atoms with E-state index in [1.165, 1.54) is 28.6 Å². The van der Waals surface area contributed by atoms with E-state index in [4.69, 9.17) is 9.32 Å². The Morgan fingerprint density at radius 1 is 1.15 bits per heavy atom. The second-order valence-electron chi connectivity index (χ2n) is 8.16. The second kappa shape index (κ2) is 9.74. The van der Waals surface area contributed by atoms with E-state index in [1.54, 1.807) is 23.2 Å². The smallest absolute Gasteiger partial charge is 0.371 e. The molecule has 3 aromatic rings. The molecule has 33 heavy (non-hydrogen) atoms.